The Labute approximate surface area is 125 Å². The van der Waals surface area contributed by atoms with Crippen molar-refractivity contribution in [1.29, 1.82) is 0 Å². The third-order valence-electron chi connectivity index (χ3n) is 3.07. The van der Waals surface area contributed by atoms with Gasteiger partial charge in [0.1, 0.15) is 11.4 Å². The number of aromatic nitrogens is 2. The molecule has 0 fully saturated rings. The standard InChI is InChI=1S/C14H16BrN3O2/c1-7(2)11(16)12-17-13(19)10(14(20)18-12)8-4-3-5-9(15)6-8/h3-7,11H,16H2,1-2H3,(H2,17,18,19,20). The van der Waals surface area contributed by atoms with Crippen LogP contribution >= 0.6 is 15.9 Å². The molecule has 1 aromatic carbocycles. The van der Waals surface area contributed by atoms with Crippen LogP contribution in [0.15, 0.2) is 33.5 Å². The Hall–Kier alpha value is -1.66. The first kappa shape index (κ1) is 14.7. The molecule has 0 aliphatic rings. The molecule has 0 radical (unpaired) electrons. The highest BCUT2D eigenvalue weighted by molar-refractivity contribution is 9.10. The first-order valence-electron chi connectivity index (χ1n) is 6.25. The zero-order chi connectivity index (χ0) is 14.9. The quantitative estimate of drug-likeness (QED) is 0.802. The van der Waals surface area contributed by atoms with Crippen LogP contribution in [0.5, 0.6) is 5.88 Å². The lowest BCUT2D eigenvalue weighted by Crippen LogP contribution is -2.24. The molecule has 0 aliphatic heterocycles. The van der Waals surface area contributed by atoms with E-state index in [1.54, 1.807) is 18.2 Å². The van der Waals surface area contributed by atoms with Gasteiger partial charge in [-0.3, -0.25) is 4.79 Å². The van der Waals surface area contributed by atoms with Crippen molar-refractivity contribution in [1.82, 2.24) is 9.97 Å². The Morgan fingerprint density at radius 2 is 2.10 bits per heavy atom. The minimum Gasteiger partial charge on any atom is -0.493 e. The molecule has 2 aromatic rings. The number of H-pyrrole nitrogens is 1. The molecule has 1 heterocycles. The van der Waals surface area contributed by atoms with Gasteiger partial charge in [0, 0.05) is 4.47 Å². The van der Waals surface area contributed by atoms with Crippen LogP contribution in [0.4, 0.5) is 0 Å². The average molecular weight is 338 g/mol. The summed E-state index contributed by atoms with van der Waals surface area (Å²) < 4.78 is 0.816. The second-order valence-corrected chi connectivity index (χ2v) is 5.85. The summed E-state index contributed by atoms with van der Waals surface area (Å²) in [7, 11) is 0. The number of rotatable bonds is 3. The summed E-state index contributed by atoms with van der Waals surface area (Å²) in [6, 6.07) is 6.68. The van der Waals surface area contributed by atoms with E-state index in [4.69, 9.17) is 5.73 Å². The van der Waals surface area contributed by atoms with Crippen molar-refractivity contribution in [2.24, 2.45) is 11.7 Å². The number of hydrogen-bond acceptors (Lipinski definition) is 4. The number of nitrogens with zero attached hydrogens (tertiary/aromatic N) is 1. The summed E-state index contributed by atoms with van der Waals surface area (Å²) >= 11 is 3.33. The Morgan fingerprint density at radius 1 is 1.40 bits per heavy atom. The molecule has 4 N–H and O–H groups in total. The molecule has 0 bridgehead atoms. The second-order valence-electron chi connectivity index (χ2n) is 4.93. The highest BCUT2D eigenvalue weighted by Crippen LogP contribution is 2.27. The molecule has 2 rings (SSSR count). The first-order chi connectivity index (χ1) is 9.40. The summed E-state index contributed by atoms with van der Waals surface area (Å²) in [6.07, 6.45) is 0. The SMILES string of the molecule is CC(C)C(N)c1nc(O)c(-c2cccc(Br)c2)c(=O)[nH]1. The van der Waals surface area contributed by atoms with Crippen molar-refractivity contribution in [3.8, 4) is 17.0 Å². The third-order valence-corrected chi connectivity index (χ3v) is 3.56. The number of halogens is 1. The number of nitrogens with two attached hydrogens (primary N) is 1. The molecule has 0 amide bonds. The lowest BCUT2D eigenvalue weighted by Gasteiger charge is -2.15. The van der Waals surface area contributed by atoms with Crippen LogP contribution in [0.3, 0.4) is 0 Å². The normalized spacial score (nSPS) is 12.7. The minimum atomic E-state index is -0.426. The summed E-state index contributed by atoms with van der Waals surface area (Å²) in [5, 5.41) is 10.0. The van der Waals surface area contributed by atoms with E-state index in [9.17, 15) is 9.90 Å². The van der Waals surface area contributed by atoms with Crippen molar-refractivity contribution in [3.63, 3.8) is 0 Å². The largest absolute Gasteiger partial charge is 0.493 e. The predicted octanol–water partition coefficient (Wildman–Crippen LogP) is 2.56. The molecular formula is C14H16BrN3O2. The van der Waals surface area contributed by atoms with Gasteiger partial charge in [-0.2, -0.15) is 4.98 Å². The molecule has 6 heteroatoms. The van der Waals surface area contributed by atoms with Crippen molar-refractivity contribution < 1.29 is 5.11 Å². The fraction of sp³-hybridized carbons (Fsp3) is 0.286. The lowest BCUT2D eigenvalue weighted by molar-refractivity contribution is 0.433. The van der Waals surface area contributed by atoms with Crippen LogP contribution < -0.4 is 11.3 Å². The van der Waals surface area contributed by atoms with Crippen LogP contribution in [-0.2, 0) is 0 Å². The van der Waals surface area contributed by atoms with E-state index >= 15 is 0 Å². The highest BCUT2D eigenvalue weighted by atomic mass is 79.9. The summed E-state index contributed by atoms with van der Waals surface area (Å²) in [5.74, 6) is 0.0912. The Balaban J connectivity index is 2.55. The van der Waals surface area contributed by atoms with E-state index in [1.807, 2.05) is 19.9 Å². The fourth-order valence-corrected chi connectivity index (χ4v) is 2.26. The molecule has 0 saturated heterocycles. The molecule has 1 unspecified atom stereocenters. The van der Waals surface area contributed by atoms with E-state index in [2.05, 4.69) is 25.9 Å². The van der Waals surface area contributed by atoms with Gasteiger partial charge in [-0.15, -0.1) is 0 Å². The lowest BCUT2D eigenvalue weighted by atomic mass is 10.0. The van der Waals surface area contributed by atoms with E-state index in [0.29, 0.717) is 11.4 Å². The van der Waals surface area contributed by atoms with Crippen LogP contribution in [-0.4, -0.2) is 15.1 Å². The Kier molecular flexibility index (Phi) is 4.25. The smallest absolute Gasteiger partial charge is 0.262 e. The van der Waals surface area contributed by atoms with Gasteiger partial charge >= 0.3 is 0 Å². The predicted molar refractivity (Wildman–Crippen MR) is 81.4 cm³/mol. The minimum absolute atomic E-state index is 0.106. The third kappa shape index (κ3) is 2.91. The summed E-state index contributed by atoms with van der Waals surface area (Å²) in [6.45, 7) is 3.84. The topological polar surface area (TPSA) is 92.0 Å². The van der Waals surface area contributed by atoms with Crippen LogP contribution in [0, 0.1) is 5.92 Å². The van der Waals surface area contributed by atoms with E-state index in [-0.39, 0.29) is 17.4 Å². The van der Waals surface area contributed by atoms with Crippen molar-refractivity contribution in [2.75, 3.05) is 0 Å². The van der Waals surface area contributed by atoms with Gasteiger partial charge in [0.2, 0.25) is 5.88 Å². The van der Waals surface area contributed by atoms with E-state index in [0.717, 1.165) is 4.47 Å². The van der Waals surface area contributed by atoms with E-state index in [1.165, 1.54) is 0 Å². The summed E-state index contributed by atoms with van der Waals surface area (Å²) in [4.78, 5) is 18.8. The van der Waals surface area contributed by atoms with Crippen molar-refractivity contribution in [3.05, 3.63) is 44.9 Å². The van der Waals surface area contributed by atoms with Gasteiger partial charge in [0.25, 0.3) is 5.56 Å². The number of aromatic hydroxyl groups is 1. The molecule has 1 atom stereocenters. The molecule has 106 valence electrons. The van der Waals surface area contributed by atoms with Gasteiger partial charge in [-0.05, 0) is 23.6 Å². The number of benzene rings is 1. The zero-order valence-corrected chi connectivity index (χ0v) is 12.8. The molecule has 20 heavy (non-hydrogen) atoms. The van der Waals surface area contributed by atoms with Crippen molar-refractivity contribution in [2.45, 2.75) is 19.9 Å². The molecule has 0 saturated carbocycles. The Morgan fingerprint density at radius 3 is 2.65 bits per heavy atom. The number of hydrogen-bond donors (Lipinski definition) is 3. The van der Waals surface area contributed by atoms with Gasteiger partial charge < -0.3 is 15.8 Å². The Bertz CT molecular complexity index is 682. The van der Waals surface area contributed by atoms with Crippen molar-refractivity contribution >= 4 is 15.9 Å². The molecule has 0 spiro atoms. The summed E-state index contributed by atoms with van der Waals surface area (Å²) in [5.41, 5.74) is 6.27. The highest BCUT2D eigenvalue weighted by Gasteiger charge is 2.18. The number of aromatic amines is 1. The first-order valence-corrected chi connectivity index (χ1v) is 7.04. The van der Waals surface area contributed by atoms with Crippen LogP contribution in [0.2, 0.25) is 0 Å². The monoisotopic (exact) mass is 337 g/mol. The second kappa shape index (κ2) is 5.76. The van der Waals surface area contributed by atoms with Gasteiger partial charge in [0.05, 0.1) is 6.04 Å². The van der Waals surface area contributed by atoms with E-state index < -0.39 is 11.6 Å². The average Bonchev–Trinajstić information content (AvgIpc) is 2.36. The zero-order valence-electron chi connectivity index (χ0n) is 11.2. The molecular weight excluding hydrogens is 322 g/mol. The maximum absolute atomic E-state index is 12.2. The van der Waals surface area contributed by atoms with Gasteiger partial charge in [-0.1, -0.05) is 41.9 Å². The molecule has 0 aliphatic carbocycles. The maximum Gasteiger partial charge on any atom is 0.262 e. The molecule has 5 nitrogen and oxygen atoms in total. The van der Waals surface area contributed by atoms with Gasteiger partial charge in [0.15, 0.2) is 0 Å². The van der Waals surface area contributed by atoms with Crippen LogP contribution in [0.1, 0.15) is 25.7 Å². The number of nitrogens with one attached hydrogen (secondary N) is 1. The fourth-order valence-electron chi connectivity index (χ4n) is 1.86. The van der Waals surface area contributed by atoms with Gasteiger partial charge in [-0.25, -0.2) is 0 Å². The maximum atomic E-state index is 12.2. The molecule has 1 aromatic heterocycles. The van der Waals surface area contributed by atoms with Crippen LogP contribution in [0.25, 0.3) is 11.1 Å².